The van der Waals surface area contributed by atoms with Crippen molar-refractivity contribution < 1.29 is 39.4 Å². The van der Waals surface area contributed by atoms with Crippen LogP contribution in [0.25, 0.3) is 11.1 Å². The van der Waals surface area contributed by atoms with Gasteiger partial charge in [-0.05, 0) is 104 Å². The van der Waals surface area contributed by atoms with E-state index in [0.29, 0.717) is 35.8 Å². The van der Waals surface area contributed by atoms with Gasteiger partial charge in [-0.25, -0.2) is 0 Å². The Morgan fingerprint density at radius 1 is 0.723 bits per heavy atom. The van der Waals surface area contributed by atoms with Crippen LogP contribution in [0.15, 0.2) is 66.7 Å². The summed E-state index contributed by atoms with van der Waals surface area (Å²) in [5.41, 5.74) is 5.75. The van der Waals surface area contributed by atoms with Gasteiger partial charge in [-0.1, -0.05) is 18.2 Å². The fraction of sp³-hybridized carbons (Fsp3) is 0.385. The highest BCUT2D eigenvalue weighted by Gasteiger charge is 2.44. The molecule has 4 N–H and O–H groups in total. The molecule has 0 radical (unpaired) electrons. The van der Waals surface area contributed by atoms with Crippen molar-refractivity contribution in [2.75, 3.05) is 19.8 Å². The molecule has 0 spiro atoms. The Balaban J connectivity index is 1.16. The molecule has 0 bridgehead atoms. The molecule has 0 amide bonds. The minimum Gasteiger partial charge on any atom is -0.508 e. The molecule has 0 saturated heterocycles. The summed E-state index contributed by atoms with van der Waals surface area (Å²) in [6.45, 7) is 1.12. The van der Waals surface area contributed by atoms with Crippen molar-refractivity contribution >= 4 is 0 Å². The second-order valence-electron chi connectivity index (χ2n) is 13.3. The topological polar surface area (TPSA) is 118 Å². The predicted octanol–water partition coefficient (Wildman–Crippen LogP) is 6.79. The van der Waals surface area contributed by atoms with E-state index in [-0.39, 0.29) is 30.8 Å². The van der Waals surface area contributed by atoms with Crippen molar-refractivity contribution in [3.05, 3.63) is 94.5 Å². The smallest absolute Gasteiger partial charge is 0.128 e. The minimum absolute atomic E-state index is 0.112. The summed E-state index contributed by atoms with van der Waals surface area (Å²) < 4.78 is 25.1. The molecule has 47 heavy (non-hydrogen) atoms. The van der Waals surface area contributed by atoms with Crippen LogP contribution in [0.2, 0.25) is 0 Å². The van der Waals surface area contributed by atoms with Gasteiger partial charge < -0.3 is 39.4 Å². The van der Waals surface area contributed by atoms with Gasteiger partial charge >= 0.3 is 0 Å². The van der Waals surface area contributed by atoms with E-state index in [4.69, 9.17) is 18.9 Å². The third-order valence-electron chi connectivity index (χ3n) is 10.3. The van der Waals surface area contributed by atoms with Crippen LogP contribution in [0, 0.1) is 11.8 Å². The Labute approximate surface area is 274 Å². The second kappa shape index (κ2) is 12.3. The maximum atomic E-state index is 12.1. The number of hydrogen-bond acceptors (Lipinski definition) is 8. The van der Waals surface area contributed by atoms with Crippen molar-refractivity contribution in [2.24, 2.45) is 11.8 Å². The molecule has 0 aromatic heterocycles. The number of aliphatic hydroxyl groups excluding tert-OH is 2. The maximum absolute atomic E-state index is 12.1. The molecule has 0 unspecified atom stereocenters. The molecule has 1 fully saturated rings. The lowest BCUT2D eigenvalue weighted by Gasteiger charge is -2.41. The molecule has 1 aliphatic carbocycles. The first kappa shape index (κ1) is 30.0. The van der Waals surface area contributed by atoms with Crippen molar-refractivity contribution in [3.63, 3.8) is 0 Å². The van der Waals surface area contributed by atoms with Crippen molar-refractivity contribution in [2.45, 2.75) is 63.3 Å². The Morgan fingerprint density at radius 2 is 1.51 bits per heavy atom. The molecule has 4 aromatic rings. The number of rotatable bonds is 6. The number of benzene rings is 4. The number of aliphatic hydroxyl groups is 2. The Kier molecular flexibility index (Phi) is 7.86. The first-order valence-corrected chi connectivity index (χ1v) is 16.8. The van der Waals surface area contributed by atoms with Crippen LogP contribution in [-0.2, 0) is 12.8 Å². The van der Waals surface area contributed by atoms with Gasteiger partial charge in [0, 0.05) is 40.5 Å². The lowest BCUT2D eigenvalue weighted by molar-refractivity contribution is -0.0559. The summed E-state index contributed by atoms with van der Waals surface area (Å²) in [6, 6.07) is 19.9. The Hall–Kier alpha value is -4.40. The van der Waals surface area contributed by atoms with E-state index in [9.17, 15) is 20.4 Å². The molecular weight excluding hydrogens is 596 g/mol. The quantitative estimate of drug-likeness (QED) is 0.183. The first-order chi connectivity index (χ1) is 22.9. The van der Waals surface area contributed by atoms with Crippen LogP contribution in [0.3, 0.4) is 0 Å². The zero-order chi connectivity index (χ0) is 32.1. The molecular formula is C39H40O8. The van der Waals surface area contributed by atoms with E-state index in [1.807, 2.05) is 36.4 Å². The van der Waals surface area contributed by atoms with E-state index in [0.717, 1.165) is 77.7 Å². The molecule has 244 valence electrons. The number of phenolic OH excluding ortho intramolecular Hbond substituents is 2. The second-order valence-corrected chi connectivity index (χ2v) is 13.3. The largest absolute Gasteiger partial charge is 0.508 e. The SMILES string of the molecule is Oc1cccc(-c2ccc(O)cc2Cc2cc(OC3CCCC3)cc3c2OC[C@H]([C@H]2COc4ccc5c(c4[C@@H]2O)CCCO5)[C@@H]3O)c1. The average Bonchev–Trinajstić information content (AvgIpc) is 3.59. The summed E-state index contributed by atoms with van der Waals surface area (Å²) in [5, 5.41) is 44.6. The molecule has 4 aromatic carbocycles. The van der Waals surface area contributed by atoms with Gasteiger partial charge in [0.2, 0.25) is 0 Å². The highest BCUT2D eigenvalue weighted by Crippen LogP contribution is 2.50. The minimum atomic E-state index is -0.931. The van der Waals surface area contributed by atoms with Gasteiger partial charge in [-0.15, -0.1) is 0 Å². The van der Waals surface area contributed by atoms with Crippen LogP contribution < -0.4 is 18.9 Å². The number of aromatic hydroxyl groups is 2. The summed E-state index contributed by atoms with van der Waals surface area (Å²) in [4.78, 5) is 0. The number of fused-ring (bicyclic) bond motifs is 4. The van der Waals surface area contributed by atoms with Crippen molar-refractivity contribution in [3.8, 4) is 45.6 Å². The van der Waals surface area contributed by atoms with E-state index in [1.165, 1.54) is 0 Å². The van der Waals surface area contributed by atoms with Gasteiger partial charge in [0.05, 0.1) is 38.1 Å². The van der Waals surface area contributed by atoms with Crippen LogP contribution in [0.4, 0.5) is 0 Å². The summed E-state index contributed by atoms with van der Waals surface area (Å²) in [6.07, 6.45) is 4.66. The number of ether oxygens (including phenoxy) is 4. The Bertz CT molecular complexity index is 1790. The van der Waals surface area contributed by atoms with Gasteiger partial charge in [0.15, 0.2) is 0 Å². The van der Waals surface area contributed by atoms with E-state index >= 15 is 0 Å². The lowest BCUT2D eigenvalue weighted by atomic mass is 9.75. The standard InChI is InChI=1S/C39H40O8/c40-25-6-3-5-22(16-25)29-11-10-26(41)17-23(29)15-24-18-28(47-27-7-1-2-8-27)19-31-37(42)32(21-46-39(24)31)33-20-45-35-13-12-34-30(9-4-14-44-34)36(35)38(33)43/h3,5-6,10-13,16-19,27,32-33,37-38,40-43H,1-2,4,7-9,14-15,20-21H2/t32-,33-,37-,38-/m1/s1. The fourth-order valence-electron chi connectivity index (χ4n) is 7.97. The van der Waals surface area contributed by atoms with Crippen LogP contribution in [-0.4, -0.2) is 46.4 Å². The molecule has 3 aliphatic heterocycles. The summed E-state index contributed by atoms with van der Waals surface area (Å²) >= 11 is 0. The molecule has 4 atom stereocenters. The third kappa shape index (κ3) is 5.63. The van der Waals surface area contributed by atoms with Gasteiger partial charge in [0.1, 0.15) is 34.5 Å². The van der Waals surface area contributed by atoms with Gasteiger partial charge in [-0.2, -0.15) is 0 Å². The number of phenols is 2. The summed E-state index contributed by atoms with van der Waals surface area (Å²) in [5.74, 6) is 2.20. The van der Waals surface area contributed by atoms with E-state index < -0.39 is 24.0 Å². The lowest BCUT2D eigenvalue weighted by Crippen LogP contribution is -2.40. The predicted molar refractivity (Wildman–Crippen MR) is 175 cm³/mol. The average molecular weight is 637 g/mol. The molecule has 8 nitrogen and oxygen atoms in total. The first-order valence-electron chi connectivity index (χ1n) is 16.8. The Morgan fingerprint density at radius 3 is 2.36 bits per heavy atom. The normalized spacial score (nSPS) is 23.4. The van der Waals surface area contributed by atoms with Crippen molar-refractivity contribution in [1.82, 2.24) is 0 Å². The highest BCUT2D eigenvalue weighted by molar-refractivity contribution is 5.70. The van der Waals surface area contributed by atoms with Crippen LogP contribution in [0.5, 0.6) is 34.5 Å². The van der Waals surface area contributed by atoms with E-state index in [1.54, 1.807) is 30.3 Å². The zero-order valence-electron chi connectivity index (χ0n) is 26.2. The van der Waals surface area contributed by atoms with Crippen molar-refractivity contribution in [1.29, 1.82) is 0 Å². The molecule has 1 saturated carbocycles. The third-order valence-corrected chi connectivity index (χ3v) is 10.3. The van der Waals surface area contributed by atoms with E-state index in [2.05, 4.69) is 0 Å². The fourth-order valence-corrected chi connectivity index (χ4v) is 7.97. The summed E-state index contributed by atoms with van der Waals surface area (Å²) in [7, 11) is 0. The molecule has 3 heterocycles. The monoisotopic (exact) mass is 636 g/mol. The zero-order valence-corrected chi connectivity index (χ0v) is 26.2. The van der Waals surface area contributed by atoms with Gasteiger partial charge in [-0.3, -0.25) is 0 Å². The molecule has 4 aliphatic rings. The van der Waals surface area contributed by atoms with Gasteiger partial charge in [0.25, 0.3) is 0 Å². The maximum Gasteiger partial charge on any atom is 0.128 e. The molecule has 8 heteroatoms. The highest BCUT2D eigenvalue weighted by atomic mass is 16.5. The number of hydrogen-bond donors (Lipinski definition) is 4. The van der Waals surface area contributed by atoms with Crippen LogP contribution in [0.1, 0.15) is 72.1 Å². The van der Waals surface area contributed by atoms with Crippen LogP contribution >= 0.6 is 0 Å². The molecule has 8 rings (SSSR count).